The Bertz CT molecular complexity index is 1150. The molecule has 1 unspecified atom stereocenters. The first-order valence-electron chi connectivity index (χ1n) is 10.4. The average Bonchev–Trinajstić information content (AvgIpc) is 2.98. The molecule has 0 bridgehead atoms. The monoisotopic (exact) mass is 460 g/mol. The van der Waals surface area contributed by atoms with E-state index in [4.69, 9.17) is 37.4 Å². The highest BCUT2D eigenvalue weighted by Crippen LogP contribution is 2.71. The van der Waals surface area contributed by atoms with E-state index in [1.54, 1.807) is 6.33 Å². The second-order valence-corrected chi connectivity index (χ2v) is 9.84. The van der Waals surface area contributed by atoms with E-state index in [0.717, 1.165) is 12.0 Å². The van der Waals surface area contributed by atoms with Gasteiger partial charge in [0.15, 0.2) is 16.6 Å². The van der Waals surface area contributed by atoms with Gasteiger partial charge in [-0.2, -0.15) is 4.98 Å². The molecule has 1 aliphatic heterocycles. The molecule has 3 aliphatic rings. The maximum Gasteiger partial charge on any atom is 0.225 e. The van der Waals surface area contributed by atoms with E-state index < -0.39 is 5.79 Å². The molecule has 162 valence electrons. The lowest BCUT2D eigenvalue weighted by Crippen LogP contribution is -2.33. The highest BCUT2D eigenvalue weighted by Gasteiger charge is 2.76. The second kappa shape index (κ2) is 6.86. The first-order valence-corrected chi connectivity index (χ1v) is 11.2. The normalized spacial score (nSPS) is 32.9. The summed E-state index contributed by atoms with van der Waals surface area (Å²) in [5.74, 6) is -0.326. The van der Waals surface area contributed by atoms with E-state index in [1.807, 2.05) is 36.6 Å². The number of rotatable bonds is 5. The zero-order valence-electron chi connectivity index (χ0n) is 17.2. The van der Waals surface area contributed by atoms with Crippen LogP contribution in [0.4, 0.5) is 0 Å². The fourth-order valence-corrected chi connectivity index (χ4v) is 5.88. The van der Waals surface area contributed by atoms with Crippen molar-refractivity contribution < 1.29 is 14.2 Å². The van der Waals surface area contributed by atoms with Gasteiger partial charge in [-0.3, -0.25) is 0 Å². The van der Waals surface area contributed by atoms with E-state index in [0.29, 0.717) is 30.3 Å². The molecule has 31 heavy (non-hydrogen) atoms. The van der Waals surface area contributed by atoms with Gasteiger partial charge < -0.3 is 18.8 Å². The zero-order valence-corrected chi connectivity index (χ0v) is 18.7. The Morgan fingerprint density at radius 3 is 2.77 bits per heavy atom. The first-order chi connectivity index (χ1) is 14.9. The minimum Gasteiger partial charge on any atom is -0.376 e. The van der Waals surface area contributed by atoms with Crippen molar-refractivity contribution >= 4 is 34.4 Å². The largest absolute Gasteiger partial charge is 0.376 e. The molecule has 3 aromatic rings. The van der Waals surface area contributed by atoms with Crippen molar-refractivity contribution in [3.63, 3.8) is 0 Å². The Labute approximate surface area is 189 Å². The molecule has 0 amide bonds. The van der Waals surface area contributed by atoms with Crippen LogP contribution in [-0.2, 0) is 20.8 Å². The summed E-state index contributed by atoms with van der Waals surface area (Å²) >= 11 is 12.3. The Hall–Kier alpha value is -1.77. The standard InChI is InChI=1S/C22H22Cl2N4O3/c1-21(2)30-16-15(28-11-25-14-18(23)26-20(24)27-19(14)28)13-8-22(13,17(16)31-21)10-29-9-12-6-4-3-5-7-12/h3-7,11,13,15-17H,8-10H2,1-2H3/t13?,15-,16+,17+,22+/m1/s1. The molecule has 2 aromatic heterocycles. The van der Waals surface area contributed by atoms with Crippen LogP contribution in [0.15, 0.2) is 36.7 Å². The number of benzene rings is 1. The summed E-state index contributed by atoms with van der Waals surface area (Å²) < 4.78 is 21.0. The van der Waals surface area contributed by atoms with E-state index in [9.17, 15) is 0 Å². The van der Waals surface area contributed by atoms with Gasteiger partial charge in [-0.1, -0.05) is 41.9 Å². The van der Waals surface area contributed by atoms with Crippen LogP contribution in [0.3, 0.4) is 0 Å². The van der Waals surface area contributed by atoms with E-state index in [2.05, 4.69) is 27.1 Å². The molecule has 0 radical (unpaired) electrons. The number of hydrogen-bond acceptors (Lipinski definition) is 6. The summed E-state index contributed by atoms with van der Waals surface area (Å²) in [5.41, 5.74) is 2.23. The summed E-state index contributed by atoms with van der Waals surface area (Å²) in [6.07, 6.45) is 2.58. The fourth-order valence-electron chi connectivity index (χ4n) is 5.46. The maximum absolute atomic E-state index is 6.40. The number of hydrogen-bond donors (Lipinski definition) is 0. The smallest absolute Gasteiger partial charge is 0.225 e. The molecular weight excluding hydrogens is 439 g/mol. The molecule has 0 spiro atoms. The van der Waals surface area contributed by atoms with E-state index in [-0.39, 0.29) is 34.1 Å². The van der Waals surface area contributed by atoms with Gasteiger partial charge in [0.1, 0.15) is 11.6 Å². The van der Waals surface area contributed by atoms with Gasteiger partial charge in [0, 0.05) is 5.41 Å². The molecule has 7 nitrogen and oxygen atoms in total. The van der Waals surface area contributed by atoms with Gasteiger partial charge in [-0.05, 0) is 43.4 Å². The van der Waals surface area contributed by atoms with Crippen LogP contribution in [0.1, 0.15) is 31.9 Å². The Balaban J connectivity index is 1.32. The van der Waals surface area contributed by atoms with Crippen LogP contribution in [-0.4, -0.2) is 44.1 Å². The number of halogens is 2. The number of nitrogens with zero attached hydrogens (tertiary/aromatic N) is 4. The van der Waals surface area contributed by atoms with Crippen LogP contribution < -0.4 is 0 Å². The lowest BCUT2D eigenvalue weighted by atomic mass is 10.0. The number of aromatic nitrogens is 4. The lowest BCUT2D eigenvalue weighted by molar-refractivity contribution is -0.164. The third kappa shape index (κ3) is 3.09. The van der Waals surface area contributed by atoms with Crippen molar-refractivity contribution in [1.29, 1.82) is 0 Å². The van der Waals surface area contributed by atoms with Crippen molar-refractivity contribution in [3.8, 4) is 0 Å². The lowest BCUT2D eigenvalue weighted by Gasteiger charge is -2.24. The van der Waals surface area contributed by atoms with Gasteiger partial charge in [0.05, 0.1) is 31.7 Å². The first kappa shape index (κ1) is 19.9. The molecule has 1 saturated heterocycles. The Morgan fingerprint density at radius 1 is 1.16 bits per heavy atom. The predicted octanol–water partition coefficient (Wildman–Crippen LogP) is 4.43. The van der Waals surface area contributed by atoms with Crippen molar-refractivity contribution in [2.24, 2.45) is 11.3 Å². The maximum atomic E-state index is 6.40. The molecule has 9 heteroatoms. The molecule has 5 atom stereocenters. The number of fused-ring (bicyclic) bond motifs is 4. The molecule has 1 aromatic carbocycles. The van der Waals surface area contributed by atoms with E-state index >= 15 is 0 Å². The molecule has 0 N–H and O–H groups in total. The topological polar surface area (TPSA) is 71.3 Å². The Kier molecular flexibility index (Phi) is 4.40. The van der Waals surface area contributed by atoms with Gasteiger partial charge >= 0.3 is 0 Å². The van der Waals surface area contributed by atoms with Crippen molar-refractivity contribution in [2.45, 2.75) is 50.9 Å². The third-order valence-electron chi connectivity index (χ3n) is 6.78. The number of ether oxygens (including phenoxy) is 3. The highest BCUT2D eigenvalue weighted by molar-refractivity contribution is 6.35. The molecular formula is C22H22Cl2N4O3. The third-order valence-corrected chi connectivity index (χ3v) is 7.21. The Morgan fingerprint density at radius 2 is 1.97 bits per heavy atom. The van der Waals surface area contributed by atoms with Crippen LogP contribution in [0.2, 0.25) is 10.4 Å². The molecule has 3 heterocycles. The average molecular weight is 461 g/mol. The summed E-state index contributed by atoms with van der Waals surface area (Å²) in [6, 6.07) is 10.2. The van der Waals surface area contributed by atoms with Crippen LogP contribution in [0.25, 0.3) is 11.2 Å². The molecule has 2 aliphatic carbocycles. The minimum absolute atomic E-state index is 0.0131. The second-order valence-electron chi connectivity index (χ2n) is 9.14. The van der Waals surface area contributed by atoms with Crippen molar-refractivity contribution in [1.82, 2.24) is 19.5 Å². The summed E-state index contributed by atoms with van der Waals surface area (Å²) in [4.78, 5) is 12.9. The fraction of sp³-hybridized carbons (Fsp3) is 0.500. The van der Waals surface area contributed by atoms with E-state index in [1.165, 1.54) is 0 Å². The zero-order chi connectivity index (χ0) is 21.4. The van der Waals surface area contributed by atoms with Crippen LogP contribution >= 0.6 is 23.2 Å². The summed E-state index contributed by atoms with van der Waals surface area (Å²) in [6.45, 7) is 5.11. The van der Waals surface area contributed by atoms with Gasteiger partial charge in [0.2, 0.25) is 5.28 Å². The highest BCUT2D eigenvalue weighted by atomic mass is 35.5. The SMILES string of the molecule is CC1(C)O[C@H]2[C@H](n3cnc4c(Cl)nc(Cl)nc43)C3C[C@@]3(COCc3ccccc3)[C@H]2O1. The van der Waals surface area contributed by atoms with Gasteiger partial charge in [-0.25, -0.2) is 9.97 Å². The molecule has 6 rings (SSSR count). The summed E-state index contributed by atoms with van der Waals surface area (Å²) in [7, 11) is 0. The van der Waals surface area contributed by atoms with Crippen molar-refractivity contribution in [3.05, 3.63) is 52.7 Å². The molecule has 2 saturated carbocycles. The quantitative estimate of drug-likeness (QED) is 0.414. The number of imidazole rings is 1. The van der Waals surface area contributed by atoms with Crippen LogP contribution in [0.5, 0.6) is 0 Å². The van der Waals surface area contributed by atoms with Crippen LogP contribution in [0, 0.1) is 11.3 Å². The van der Waals surface area contributed by atoms with Gasteiger partial charge in [0.25, 0.3) is 0 Å². The predicted molar refractivity (Wildman–Crippen MR) is 115 cm³/mol. The minimum atomic E-state index is -0.658. The van der Waals surface area contributed by atoms with Gasteiger partial charge in [-0.15, -0.1) is 0 Å². The molecule has 3 fully saturated rings. The van der Waals surface area contributed by atoms with Crippen molar-refractivity contribution in [2.75, 3.05) is 6.61 Å². The summed E-state index contributed by atoms with van der Waals surface area (Å²) in [5, 5.41) is 0.353.